The number of hydrazine groups is 1. The van der Waals surface area contributed by atoms with Crippen LogP contribution in [0.15, 0.2) is 48.5 Å². The van der Waals surface area contributed by atoms with Gasteiger partial charge in [0.2, 0.25) is 5.91 Å². The highest BCUT2D eigenvalue weighted by Gasteiger charge is 2.35. The van der Waals surface area contributed by atoms with E-state index in [0.29, 0.717) is 13.0 Å². The van der Waals surface area contributed by atoms with Crippen LogP contribution in [0, 0.1) is 0 Å². The molecule has 152 valence electrons. The Morgan fingerprint density at radius 1 is 1.03 bits per heavy atom. The fourth-order valence-electron chi connectivity index (χ4n) is 4.27. The van der Waals surface area contributed by atoms with Gasteiger partial charge in [0, 0.05) is 24.6 Å². The van der Waals surface area contributed by atoms with Crippen molar-refractivity contribution in [1.82, 2.24) is 15.8 Å². The third kappa shape index (κ3) is 4.11. The molecule has 1 amide bonds. The van der Waals surface area contributed by atoms with E-state index in [2.05, 4.69) is 10.9 Å². The van der Waals surface area contributed by atoms with E-state index in [1.54, 1.807) is 24.3 Å². The Morgan fingerprint density at radius 3 is 2.52 bits per heavy atom. The third-order valence-corrected chi connectivity index (χ3v) is 5.88. The number of carbonyl (C=O) groups excluding carboxylic acids is 1. The topological polar surface area (TPSA) is 102 Å². The van der Waals surface area contributed by atoms with Crippen molar-refractivity contribution in [2.75, 3.05) is 13.1 Å². The molecule has 7 nitrogen and oxygen atoms in total. The fraction of sp³-hybridized carbons (Fsp3) is 0.364. The maximum absolute atomic E-state index is 13.1. The molecule has 2 aliphatic heterocycles. The van der Waals surface area contributed by atoms with Gasteiger partial charge >= 0.3 is 5.97 Å². The highest BCUT2D eigenvalue weighted by atomic mass is 16.4. The van der Waals surface area contributed by atoms with Crippen molar-refractivity contribution < 1.29 is 19.8 Å². The molecule has 2 aromatic rings. The molecule has 3 unspecified atom stereocenters. The monoisotopic (exact) mass is 395 g/mol. The van der Waals surface area contributed by atoms with Gasteiger partial charge in [0.1, 0.15) is 11.8 Å². The van der Waals surface area contributed by atoms with E-state index < -0.39 is 5.97 Å². The van der Waals surface area contributed by atoms with Gasteiger partial charge in [-0.2, -0.15) is 0 Å². The summed E-state index contributed by atoms with van der Waals surface area (Å²) in [6.07, 6.45) is 2.47. The predicted molar refractivity (Wildman–Crippen MR) is 107 cm³/mol. The molecule has 7 heteroatoms. The Balaban J connectivity index is 1.40. The van der Waals surface area contributed by atoms with E-state index in [9.17, 15) is 14.7 Å². The lowest BCUT2D eigenvalue weighted by molar-refractivity contribution is -0.134. The standard InChI is InChI=1S/C22H25N3O4/c26-20-6-2-1-5-17(20)18-12-19(24-23-18)21(27)25-11-3-4-16(13-25)14-7-9-15(10-8-14)22(28)29/h1-2,5-10,16,18-19,23-24,26H,3-4,11-13H2,(H,28,29). The normalized spacial score (nSPS) is 24.4. The third-order valence-electron chi connectivity index (χ3n) is 5.88. The Kier molecular flexibility index (Phi) is 5.51. The van der Waals surface area contributed by atoms with E-state index in [0.717, 1.165) is 30.5 Å². The molecule has 0 radical (unpaired) electrons. The van der Waals surface area contributed by atoms with Gasteiger partial charge in [-0.1, -0.05) is 30.3 Å². The first-order valence-electron chi connectivity index (χ1n) is 9.94. The van der Waals surface area contributed by atoms with Gasteiger partial charge in [0.25, 0.3) is 0 Å². The number of phenols is 1. The molecule has 2 fully saturated rings. The molecule has 29 heavy (non-hydrogen) atoms. The Bertz CT molecular complexity index is 899. The predicted octanol–water partition coefficient (Wildman–Crippen LogP) is 2.40. The number of para-hydroxylation sites is 1. The summed E-state index contributed by atoms with van der Waals surface area (Å²) in [4.78, 5) is 26.0. The van der Waals surface area contributed by atoms with Gasteiger partial charge in [-0.25, -0.2) is 15.6 Å². The second kappa shape index (κ2) is 8.23. The highest BCUT2D eigenvalue weighted by molar-refractivity contribution is 5.87. The van der Waals surface area contributed by atoms with Crippen LogP contribution >= 0.6 is 0 Å². The second-order valence-corrected chi connectivity index (χ2v) is 7.74. The molecule has 3 atom stereocenters. The molecular weight excluding hydrogens is 370 g/mol. The maximum atomic E-state index is 13.1. The number of nitrogens with zero attached hydrogens (tertiary/aromatic N) is 1. The number of likely N-dealkylation sites (tertiary alicyclic amines) is 1. The van der Waals surface area contributed by atoms with Crippen molar-refractivity contribution in [3.8, 4) is 5.75 Å². The average molecular weight is 395 g/mol. The lowest BCUT2D eigenvalue weighted by Crippen LogP contribution is -2.48. The second-order valence-electron chi connectivity index (χ2n) is 7.74. The number of amides is 1. The summed E-state index contributed by atoms with van der Waals surface area (Å²) in [6, 6.07) is 13.7. The van der Waals surface area contributed by atoms with E-state index >= 15 is 0 Å². The molecule has 4 N–H and O–H groups in total. The molecule has 4 rings (SSSR count). The largest absolute Gasteiger partial charge is 0.508 e. The van der Waals surface area contributed by atoms with Crippen molar-refractivity contribution in [2.45, 2.75) is 37.3 Å². The first-order chi connectivity index (χ1) is 14.0. The zero-order valence-electron chi connectivity index (χ0n) is 16.0. The number of benzene rings is 2. The number of hydrogen-bond donors (Lipinski definition) is 4. The van der Waals surface area contributed by atoms with E-state index in [1.807, 2.05) is 29.2 Å². The molecule has 0 aromatic heterocycles. The van der Waals surface area contributed by atoms with Crippen molar-refractivity contribution in [3.05, 3.63) is 65.2 Å². The molecular formula is C22H25N3O4. The summed E-state index contributed by atoms with van der Waals surface area (Å²) in [7, 11) is 0. The van der Waals surface area contributed by atoms with Crippen molar-refractivity contribution >= 4 is 11.9 Å². The number of rotatable bonds is 4. The molecule has 2 aliphatic rings. The molecule has 0 bridgehead atoms. The molecule has 2 heterocycles. The maximum Gasteiger partial charge on any atom is 0.335 e. The number of nitrogens with one attached hydrogen (secondary N) is 2. The molecule has 0 spiro atoms. The van der Waals surface area contributed by atoms with Crippen LogP contribution in [-0.2, 0) is 4.79 Å². The average Bonchev–Trinajstić information content (AvgIpc) is 3.23. The minimum absolute atomic E-state index is 0.0577. The Morgan fingerprint density at radius 2 is 1.79 bits per heavy atom. The fourth-order valence-corrected chi connectivity index (χ4v) is 4.27. The van der Waals surface area contributed by atoms with E-state index in [4.69, 9.17) is 5.11 Å². The summed E-state index contributed by atoms with van der Waals surface area (Å²) in [5, 5.41) is 19.1. The summed E-state index contributed by atoms with van der Waals surface area (Å²) < 4.78 is 0. The smallest absolute Gasteiger partial charge is 0.335 e. The summed E-state index contributed by atoms with van der Waals surface area (Å²) in [5.74, 6) is -0.445. The van der Waals surface area contributed by atoms with Gasteiger partial charge in [-0.15, -0.1) is 0 Å². The number of aromatic hydroxyl groups is 1. The number of hydrogen-bond acceptors (Lipinski definition) is 5. The van der Waals surface area contributed by atoms with Crippen LogP contribution in [-0.4, -0.2) is 46.1 Å². The van der Waals surface area contributed by atoms with E-state index in [1.165, 1.54) is 0 Å². The van der Waals surface area contributed by atoms with Crippen LogP contribution in [0.2, 0.25) is 0 Å². The lowest BCUT2D eigenvalue weighted by Gasteiger charge is -2.34. The number of carbonyl (C=O) groups is 2. The van der Waals surface area contributed by atoms with Crippen LogP contribution < -0.4 is 10.9 Å². The SMILES string of the molecule is O=C(O)c1ccc(C2CCCN(C(=O)C3CC(c4ccccc4O)NN3)C2)cc1. The van der Waals surface area contributed by atoms with Crippen molar-refractivity contribution in [1.29, 1.82) is 0 Å². The van der Waals surface area contributed by atoms with Crippen LogP contribution in [0.4, 0.5) is 0 Å². The molecule has 0 aliphatic carbocycles. The number of carboxylic acid groups (broad SMARTS) is 1. The zero-order chi connectivity index (χ0) is 20.4. The Hall–Kier alpha value is -2.90. The summed E-state index contributed by atoms with van der Waals surface area (Å²) in [6.45, 7) is 1.35. The molecule has 0 saturated carbocycles. The molecule has 2 aromatic carbocycles. The minimum atomic E-state index is -0.934. The van der Waals surface area contributed by atoms with Gasteiger partial charge in [0.05, 0.1) is 11.6 Å². The first-order valence-corrected chi connectivity index (χ1v) is 9.94. The van der Waals surface area contributed by atoms with Crippen LogP contribution in [0.3, 0.4) is 0 Å². The highest BCUT2D eigenvalue weighted by Crippen LogP contribution is 2.31. The first kappa shape index (κ1) is 19.4. The van der Waals surface area contributed by atoms with Gasteiger partial charge in [0.15, 0.2) is 0 Å². The Labute approximate surface area is 169 Å². The van der Waals surface area contributed by atoms with Crippen molar-refractivity contribution in [3.63, 3.8) is 0 Å². The van der Waals surface area contributed by atoms with E-state index in [-0.39, 0.29) is 35.2 Å². The number of carboxylic acids is 1. The van der Waals surface area contributed by atoms with Crippen molar-refractivity contribution in [2.24, 2.45) is 0 Å². The quantitative estimate of drug-likeness (QED) is 0.634. The minimum Gasteiger partial charge on any atom is -0.508 e. The van der Waals surface area contributed by atoms with Gasteiger partial charge in [-0.3, -0.25) is 4.79 Å². The van der Waals surface area contributed by atoms with Crippen LogP contribution in [0.5, 0.6) is 5.75 Å². The zero-order valence-corrected chi connectivity index (χ0v) is 16.0. The number of aromatic carboxylic acids is 1. The lowest BCUT2D eigenvalue weighted by atomic mass is 9.89. The summed E-state index contributed by atoms with van der Waals surface area (Å²) >= 11 is 0. The van der Waals surface area contributed by atoms with Gasteiger partial charge in [-0.05, 0) is 43.0 Å². The van der Waals surface area contributed by atoms with Crippen LogP contribution in [0.25, 0.3) is 0 Å². The number of phenolic OH excluding ortho intramolecular Hbond substituents is 1. The number of piperidine rings is 1. The molecule has 2 saturated heterocycles. The summed E-state index contributed by atoms with van der Waals surface area (Å²) in [5.41, 5.74) is 8.34. The van der Waals surface area contributed by atoms with Gasteiger partial charge < -0.3 is 15.1 Å². The van der Waals surface area contributed by atoms with Crippen LogP contribution in [0.1, 0.15) is 52.7 Å².